The van der Waals surface area contributed by atoms with E-state index in [0.717, 1.165) is 62.1 Å². The molecule has 0 spiro atoms. The third-order valence-electron chi connectivity index (χ3n) is 6.80. The van der Waals surface area contributed by atoms with Crippen molar-refractivity contribution < 1.29 is 19.1 Å². The summed E-state index contributed by atoms with van der Waals surface area (Å²) in [6.07, 6.45) is 6.39. The van der Waals surface area contributed by atoms with Crippen molar-refractivity contribution in [2.75, 3.05) is 31.6 Å². The van der Waals surface area contributed by atoms with Gasteiger partial charge in [0, 0.05) is 12.1 Å². The standard InChI is InChI=1S/C26H31N3O4/c30-25(28-21-9-4-3-8-20(21)26(31)27-19-6-1-2-7-19)17-29-13-5-10-22(29)18-11-12-23-24(16-18)33-15-14-32-23/h3-4,8-9,11-12,16,19,22H,1-2,5-7,10,13-15,17H2,(H,27,31)(H,28,30)/t22-/m0/s1. The van der Waals surface area contributed by atoms with Crippen LogP contribution in [0.15, 0.2) is 42.5 Å². The number of carbonyl (C=O) groups excluding carboxylic acids is 2. The lowest BCUT2D eigenvalue weighted by Crippen LogP contribution is -2.35. The highest BCUT2D eigenvalue weighted by molar-refractivity contribution is 6.04. The Morgan fingerprint density at radius 1 is 0.939 bits per heavy atom. The first kappa shape index (κ1) is 21.8. The van der Waals surface area contributed by atoms with Crippen molar-refractivity contribution in [2.45, 2.75) is 50.6 Å². The molecule has 5 rings (SSSR count). The summed E-state index contributed by atoms with van der Waals surface area (Å²) in [4.78, 5) is 28.0. The lowest BCUT2D eigenvalue weighted by atomic mass is 10.0. The first-order chi connectivity index (χ1) is 16.2. The van der Waals surface area contributed by atoms with Gasteiger partial charge in [0.25, 0.3) is 5.91 Å². The van der Waals surface area contributed by atoms with Crippen LogP contribution >= 0.6 is 0 Å². The molecule has 0 aromatic heterocycles. The van der Waals surface area contributed by atoms with Gasteiger partial charge in [-0.05, 0) is 62.1 Å². The van der Waals surface area contributed by atoms with Gasteiger partial charge in [-0.3, -0.25) is 14.5 Å². The summed E-state index contributed by atoms with van der Waals surface area (Å²) in [5.41, 5.74) is 2.22. The molecule has 2 aromatic rings. The van der Waals surface area contributed by atoms with Crippen molar-refractivity contribution in [2.24, 2.45) is 0 Å². The molecule has 0 radical (unpaired) electrons. The van der Waals surface area contributed by atoms with Crippen LogP contribution in [0.2, 0.25) is 0 Å². The van der Waals surface area contributed by atoms with Gasteiger partial charge in [-0.2, -0.15) is 0 Å². The Labute approximate surface area is 194 Å². The lowest BCUT2D eigenvalue weighted by Gasteiger charge is -2.26. The number of nitrogens with one attached hydrogen (secondary N) is 2. The molecule has 1 atom stereocenters. The topological polar surface area (TPSA) is 79.9 Å². The van der Waals surface area contributed by atoms with Gasteiger partial charge < -0.3 is 20.1 Å². The Hall–Kier alpha value is -3.06. The Balaban J connectivity index is 1.24. The quantitative estimate of drug-likeness (QED) is 0.699. The zero-order valence-electron chi connectivity index (χ0n) is 18.8. The largest absolute Gasteiger partial charge is 0.486 e. The van der Waals surface area contributed by atoms with E-state index in [2.05, 4.69) is 21.6 Å². The number of amides is 2. The second-order valence-electron chi connectivity index (χ2n) is 9.08. The third-order valence-corrected chi connectivity index (χ3v) is 6.80. The van der Waals surface area contributed by atoms with Crippen molar-refractivity contribution in [3.63, 3.8) is 0 Å². The molecule has 2 fully saturated rings. The number of likely N-dealkylation sites (tertiary alicyclic amines) is 1. The fourth-order valence-electron chi connectivity index (χ4n) is 5.16. The summed E-state index contributed by atoms with van der Waals surface area (Å²) < 4.78 is 11.4. The normalized spacial score (nSPS) is 20.5. The number of nitrogens with zero attached hydrogens (tertiary/aromatic N) is 1. The maximum absolute atomic E-state index is 13.0. The molecular formula is C26H31N3O4. The summed E-state index contributed by atoms with van der Waals surface area (Å²) >= 11 is 0. The number of rotatable bonds is 6. The van der Waals surface area contributed by atoms with Gasteiger partial charge in [-0.1, -0.05) is 31.0 Å². The van der Waals surface area contributed by atoms with Crippen LogP contribution in [0.4, 0.5) is 5.69 Å². The number of hydrogen-bond acceptors (Lipinski definition) is 5. The van der Waals surface area contributed by atoms with Crippen LogP contribution in [-0.2, 0) is 4.79 Å². The van der Waals surface area contributed by atoms with Crippen molar-refractivity contribution in [1.82, 2.24) is 10.2 Å². The van der Waals surface area contributed by atoms with E-state index in [1.807, 2.05) is 24.3 Å². The average Bonchev–Trinajstić information content (AvgIpc) is 3.51. The molecule has 2 N–H and O–H groups in total. The van der Waals surface area contributed by atoms with E-state index in [1.54, 1.807) is 12.1 Å². The molecule has 7 nitrogen and oxygen atoms in total. The summed E-state index contributed by atoms with van der Waals surface area (Å²) in [5, 5.41) is 6.09. The Morgan fingerprint density at radius 2 is 1.73 bits per heavy atom. The molecule has 0 unspecified atom stereocenters. The Kier molecular flexibility index (Phi) is 6.48. The van der Waals surface area contributed by atoms with E-state index in [9.17, 15) is 9.59 Å². The van der Waals surface area contributed by atoms with Crippen LogP contribution < -0.4 is 20.1 Å². The minimum absolute atomic E-state index is 0.111. The van der Waals surface area contributed by atoms with E-state index in [4.69, 9.17) is 9.47 Å². The van der Waals surface area contributed by atoms with Gasteiger partial charge >= 0.3 is 0 Å². The van der Waals surface area contributed by atoms with E-state index in [1.165, 1.54) is 0 Å². The summed E-state index contributed by atoms with van der Waals surface area (Å²) in [5.74, 6) is 1.32. The minimum atomic E-state index is -0.117. The van der Waals surface area contributed by atoms with Crippen molar-refractivity contribution in [3.05, 3.63) is 53.6 Å². The average molecular weight is 450 g/mol. The van der Waals surface area contributed by atoms with Gasteiger partial charge in [0.05, 0.1) is 17.8 Å². The molecule has 2 aromatic carbocycles. The minimum Gasteiger partial charge on any atom is -0.486 e. The SMILES string of the molecule is O=C(CN1CCC[C@H]1c1ccc2c(c1)OCCO2)Nc1ccccc1C(=O)NC1CCCC1. The van der Waals surface area contributed by atoms with E-state index in [0.29, 0.717) is 24.5 Å². The van der Waals surface area contributed by atoms with Gasteiger partial charge in [-0.25, -0.2) is 0 Å². The number of anilines is 1. The molecule has 33 heavy (non-hydrogen) atoms. The molecule has 174 valence electrons. The van der Waals surface area contributed by atoms with Crippen molar-refractivity contribution in [3.8, 4) is 11.5 Å². The molecular weight excluding hydrogens is 418 g/mol. The number of benzene rings is 2. The molecule has 2 aliphatic heterocycles. The monoisotopic (exact) mass is 449 g/mol. The van der Waals surface area contributed by atoms with Gasteiger partial charge in [-0.15, -0.1) is 0 Å². The predicted molar refractivity (Wildman–Crippen MR) is 126 cm³/mol. The molecule has 2 amide bonds. The highest BCUT2D eigenvalue weighted by atomic mass is 16.6. The van der Waals surface area contributed by atoms with Crippen LogP contribution in [0.3, 0.4) is 0 Å². The predicted octanol–water partition coefficient (Wildman–Crippen LogP) is 3.91. The molecule has 3 aliphatic rings. The molecule has 2 heterocycles. The molecule has 1 aliphatic carbocycles. The van der Waals surface area contributed by atoms with Crippen LogP contribution in [0.1, 0.15) is 60.5 Å². The number of ether oxygens (including phenoxy) is 2. The molecule has 1 saturated carbocycles. The van der Waals surface area contributed by atoms with Gasteiger partial charge in [0.1, 0.15) is 13.2 Å². The number of carbonyl (C=O) groups is 2. The Bertz CT molecular complexity index is 1020. The zero-order chi connectivity index (χ0) is 22.6. The third kappa shape index (κ3) is 4.98. The summed E-state index contributed by atoms with van der Waals surface area (Å²) in [6.45, 7) is 2.26. The van der Waals surface area contributed by atoms with Crippen molar-refractivity contribution in [1.29, 1.82) is 0 Å². The van der Waals surface area contributed by atoms with E-state index in [-0.39, 0.29) is 30.4 Å². The summed E-state index contributed by atoms with van der Waals surface area (Å²) in [6, 6.07) is 13.7. The van der Waals surface area contributed by atoms with Crippen LogP contribution in [0.25, 0.3) is 0 Å². The summed E-state index contributed by atoms with van der Waals surface area (Å²) in [7, 11) is 0. The highest BCUT2D eigenvalue weighted by Gasteiger charge is 2.29. The highest BCUT2D eigenvalue weighted by Crippen LogP contribution is 2.38. The first-order valence-electron chi connectivity index (χ1n) is 12.0. The van der Waals surface area contributed by atoms with Crippen LogP contribution in [0, 0.1) is 0 Å². The number of fused-ring (bicyclic) bond motifs is 1. The molecule has 7 heteroatoms. The fourth-order valence-corrected chi connectivity index (χ4v) is 5.16. The first-order valence-corrected chi connectivity index (χ1v) is 12.0. The van der Waals surface area contributed by atoms with Gasteiger partial charge in [0.2, 0.25) is 5.91 Å². The maximum atomic E-state index is 13.0. The van der Waals surface area contributed by atoms with Gasteiger partial charge in [0.15, 0.2) is 11.5 Å². The zero-order valence-corrected chi connectivity index (χ0v) is 18.8. The Morgan fingerprint density at radius 3 is 2.58 bits per heavy atom. The lowest BCUT2D eigenvalue weighted by molar-refractivity contribution is -0.117. The second kappa shape index (κ2) is 9.83. The number of hydrogen-bond donors (Lipinski definition) is 2. The number of para-hydroxylation sites is 1. The fraction of sp³-hybridized carbons (Fsp3) is 0.462. The molecule has 1 saturated heterocycles. The van der Waals surface area contributed by atoms with Crippen molar-refractivity contribution >= 4 is 17.5 Å². The van der Waals surface area contributed by atoms with Crippen LogP contribution in [0.5, 0.6) is 11.5 Å². The van der Waals surface area contributed by atoms with Crippen LogP contribution in [-0.4, -0.2) is 49.1 Å². The smallest absolute Gasteiger partial charge is 0.253 e. The second-order valence-corrected chi connectivity index (χ2v) is 9.08. The van der Waals surface area contributed by atoms with E-state index < -0.39 is 0 Å². The van der Waals surface area contributed by atoms with E-state index >= 15 is 0 Å². The molecule has 0 bridgehead atoms. The maximum Gasteiger partial charge on any atom is 0.253 e.